The largest absolute Gasteiger partial charge is 0.364 e. The van der Waals surface area contributed by atoms with Crippen LogP contribution in [-0.2, 0) is 6.54 Å². The van der Waals surface area contributed by atoms with Gasteiger partial charge in [0.1, 0.15) is 11.8 Å². The lowest BCUT2D eigenvalue weighted by Crippen LogP contribution is -2.48. The Balaban J connectivity index is 1.33. The molecule has 0 saturated carbocycles. The fraction of sp³-hybridized carbons (Fsp3) is 0.419. The number of rotatable bonds is 9. The van der Waals surface area contributed by atoms with E-state index in [0.29, 0.717) is 35.6 Å². The van der Waals surface area contributed by atoms with Gasteiger partial charge in [0.05, 0.1) is 11.3 Å². The Morgan fingerprint density at radius 1 is 1.18 bits per heavy atom. The van der Waals surface area contributed by atoms with Gasteiger partial charge in [0.2, 0.25) is 0 Å². The molecule has 1 aliphatic rings. The van der Waals surface area contributed by atoms with Gasteiger partial charge >= 0.3 is 0 Å². The summed E-state index contributed by atoms with van der Waals surface area (Å²) in [5.41, 5.74) is 5.93. The summed E-state index contributed by atoms with van der Waals surface area (Å²) in [6.07, 6.45) is 6.81. The highest BCUT2D eigenvalue weighted by Crippen LogP contribution is 2.28. The zero-order valence-electron chi connectivity index (χ0n) is 23.2. The summed E-state index contributed by atoms with van der Waals surface area (Å²) in [5.74, 6) is -0.128. The summed E-state index contributed by atoms with van der Waals surface area (Å²) in [6, 6.07) is 14.7. The van der Waals surface area contributed by atoms with Gasteiger partial charge in [0.25, 0.3) is 5.91 Å². The molecule has 8 heteroatoms. The molecule has 1 amide bonds. The first-order valence-corrected chi connectivity index (χ1v) is 14.0. The molecule has 3 heterocycles. The van der Waals surface area contributed by atoms with Crippen LogP contribution in [0.15, 0.2) is 48.8 Å². The first-order valence-electron chi connectivity index (χ1n) is 13.6. The number of nitriles is 1. The number of aromatic nitrogens is 2. The van der Waals surface area contributed by atoms with Crippen molar-refractivity contribution in [3.63, 3.8) is 0 Å². The van der Waals surface area contributed by atoms with E-state index >= 15 is 0 Å². The number of anilines is 1. The number of hydrogen-bond acceptors (Lipinski definition) is 6. The molecule has 0 spiro atoms. The van der Waals surface area contributed by atoms with Crippen molar-refractivity contribution >= 4 is 23.2 Å². The van der Waals surface area contributed by atoms with E-state index in [1.54, 1.807) is 13.0 Å². The van der Waals surface area contributed by atoms with Gasteiger partial charge in [-0.25, -0.2) is 4.98 Å². The second kappa shape index (κ2) is 13.1. The number of pyridine rings is 2. The number of carbonyl (C=O) groups is 1. The maximum Gasteiger partial charge on any atom is 0.253 e. The van der Waals surface area contributed by atoms with Crippen LogP contribution < -0.4 is 10.2 Å². The lowest BCUT2D eigenvalue weighted by molar-refractivity contribution is 0.0943. The molecule has 3 aromatic rings. The zero-order valence-corrected chi connectivity index (χ0v) is 24.0. The van der Waals surface area contributed by atoms with E-state index in [9.17, 15) is 4.79 Å². The SMILES string of the molecule is Cc1ccncc1CN(c1ccc(Cl)cc1)C1CCN([C@H](C)CCNC(=O)c2c(C)cc(C#N)nc2C)CC1. The number of carbonyl (C=O) groups excluding carboxylic acids is 1. The average Bonchev–Trinajstić information content (AvgIpc) is 2.93. The minimum Gasteiger partial charge on any atom is -0.364 e. The second-order valence-corrected chi connectivity index (χ2v) is 10.9. The van der Waals surface area contributed by atoms with Gasteiger partial charge < -0.3 is 15.1 Å². The van der Waals surface area contributed by atoms with Gasteiger partial charge in [-0.1, -0.05) is 11.6 Å². The van der Waals surface area contributed by atoms with E-state index in [4.69, 9.17) is 16.9 Å². The van der Waals surface area contributed by atoms with Crippen molar-refractivity contribution in [1.29, 1.82) is 5.26 Å². The molecule has 1 aliphatic heterocycles. The molecular formula is C31H37ClN6O. The van der Waals surface area contributed by atoms with E-state index < -0.39 is 0 Å². The average molecular weight is 545 g/mol. The Hall–Kier alpha value is -3.47. The fourth-order valence-corrected chi connectivity index (χ4v) is 5.57. The molecular weight excluding hydrogens is 508 g/mol. The van der Waals surface area contributed by atoms with Gasteiger partial charge in [-0.05, 0) is 100 Å². The van der Waals surface area contributed by atoms with E-state index in [1.807, 2.05) is 37.5 Å². The lowest BCUT2D eigenvalue weighted by Gasteiger charge is -2.42. The van der Waals surface area contributed by atoms with Crippen molar-refractivity contribution in [3.8, 4) is 6.07 Å². The van der Waals surface area contributed by atoms with Crippen LogP contribution in [0.2, 0.25) is 5.02 Å². The summed E-state index contributed by atoms with van der Waals surface area (Å²) in [4.78, 5) is 26.4. The highest BCUT2D eigenvalue weighted by Gasteiger charge is 2.27. The topological polar surface area (TPSA) is 85.2 Å². The van der Waals surface area contributed by atoms with Crippen LogP contribution in [0.4, 0.5) is 5.69 Å². The van der Waals surface area contributed by atoms with Crippen molar-refractivity contribution in [1.82, 2.24) is 20.2 Å². The molecule has 204 valence electrons. The van der Waals surface area contributed by atoms with Crippen molar-refractivity contribution in [2.24, 2.45) is 0 Å². The Kier molecular flexibility index (Phi) is 9.55. The number of hydrogen-bond donors (Lipinski definition) is 1. The van der Waals surface area contributed by atoms with Gasteiger partial charge in [-0.15, -0.1) is 0 Å². The van der Waals surface area contributed by atoms with Gasteiger partial charge in [0.15, 0.2) is 0 Å². The standard InChI is InChI=1S/C31H37ClN6O/c1-21-9-13-34-19-25(21)20-38(28-7-5-26(32)6-8-28)29-11-15-37(16-12-29)23(3)10-14-35-31(39)30-22(2)17-27(18-33)36-24(30)4/h5-9,13,17,19,23,29H,10-12,14-16,20H2,1-4H3,(H,35,39)/t23-/m1/s1. The normalized spacial score (nSPS) is 15.0. The monoisotopic (exact) mass is 544 g/mol. The molecule has 0 aliphatic carbocycles. The summed E-state index contributed by atoms with van der Waals surface area (Å²) in [5, 5.41) is 12.9. The minimum atomic E-state index is -0.128. The number of likely N-dealkylation sites (tertiary alicyclic amines) is 1. The Morgan fingerprint density at radius 3 is 2.54 bits per heavy atom. The second-order valence-electron chi connectivity index (χ2n) is 10.5. The maximum absolute atomic E-state index is 12.8. The highest BCUT2D eigenvalue weighted by atomic mass is 35.5. The number of nitrogens with one attached hydrogen (secondary N) is 1. The molecule has 1 saturated heterocycles. The summed E-state index contributed by atoms with van der Waals surface area (Å²) >= 11 is 6.19. The molecule has 7 nitrogen and oxygen atoms in total. The number of aryl methyl sites for hydroxylation is 3. The number of nitrogens with zero attached hydrogens (tertiary/aromatic N) is 5. The molecule has 1 fully saturated rings. The van der Waals surface area contributed by atoms with Crippen molar-refractivity contribution in [2.75, 3.05) is 24.5 Å². The summed E-state index contributed by atoms with van der Waals surface area (Å²) in [6.45, 7) is 11.4. The third-order valence-corrected chi connectivity index (χ3v) is 8.05. The quantitative estimate of drug-likeness (QED) is 0.377. The van der Waals surface area contributed by atoms with E-state index in [-0.39, 0.29) is 5.91 Å². The predicted molar refractivity (Wildman–Crippen MR) is 156 cm³/mol. The van der Waals surface area contributed by atoms with Crippen molar-refractivity contribution < 1.29 is 4.79 Å². The Morgan fingerprint density at radius 2 is 1.90 bits per heavy atom. The maximum atomic E-state index is 12.8. The van der Waals surface area contributed by atoms with Crippen LogP contribution >= 0.6 is 11.6 Å². The van der Waals surface area contributed by atoms with Crippen molar-refractivity contribution in [2.45, 2.75) is 65.6 Å². The molecule has 0 radical (unpaired) electrons. The minimum absolute atomic E-state index is 0.128. The molecule has 39 heavy (non-hydrogen) atoms. The van der Waals surface area contributed by atoms with Crippen LogP contribution in [0, 0.1) is 32.1 Å². The van der Waals surface area contributed by atoms with Gasteiger partial charge in [-0.2, -0.15) is 5.26 Å². The Labute approximate surface area is 236 Å². The van der Waals surface area contributed by atoms with Crippen LogP contribution in [0.25, 0.3) is 0 Å². The summed E-state index contributed by atoms with van der Waals surface area (Å²) in [7, 11) is 0. The number of halogens is 1. The van der Waals surface area contributed by atoms with Crippen LogP contribution in [-0.4, -0.2) is 52.5 Å². The van der Waals surface area contributed by atoms with Crippen LogP contribution in [0.3, 0.4) is 0 Å². The molecule has 2 aromatic heterocycles. The van der Waals surface area contributed by atoms with E-state index in [1.165, 1.54) is 16.8 Å². The molecule has 4 rings (SSSR count). The van der Waals surface area contributed by atoms with E-state index in [2.05, 4.69) is 57.1 Å². The first kappa shape index (κ1) is 28.5. The van der Waals surface area contributed by atoms with Gasteiger partial charge in [0, 0.05) is 61.4 Å². The lowest BCUT2D eigenvalue weighted by atomic mass is 9.99. The fourth-order valence-electron chi connectivity index (χ4n) is 5.45. The number of piperidine rings is 1. The van der Waals surface area contributed by atoms with Crippen LogP contribution in [0.1, 0.15) is 64.6 Å². The number of benzene rings is 1. The molecule has 1 N–H and O–H groups in total. The van der Waals surface area contributed by atoms with E-state index in [0.717, 1.165) is 49.5 Å². The zero-order chi connectivity index (χ0) is 27.9. The summed E-state index contributed by atoms with van der Waals surface area (Å²) < 4.78 is 0. The van der Waals surface area contributed by atoms with Crippen molar-refractivity contribution in [3.05, 3.63) is 87.5 Å². The third-order valence-electron chi connectivity index (χ3n) is 7.80. The van der Waals surface area contributed by atoms with Gasteiger partial charge in [-0.3, -0.25) is 9.78 Å². The Bertz CT molecular complexity index is 1300. The molecule has 0 bridgehead atoms. The molecule has 1 aromatic carbocycles. The first-order chi connectivity index (χ1) is 18.8. The smallest absolute Gasteiger partial charge is 0.253 e. The predicted octanol–water partition coefficient (Wildman–Crippen LogP) is 5.61. The van der Waals surface area contributed by atoms with Crippen LogP contribution in [0.5, 0.6) is 0 Å². The third kappa shape index (κ3) is 7.14. The molecule has 1 atom stereocenters. The molecule has 0 unspecified atom stereocenters. The number of amides is 1. The highest BCUT2D eigenvalue weighted by molar-refractivity contribution is 6.30.